The van der Waals surface area contributed by atoms with Gasteiger partial charge in [-0.25, -0.2) is 13.2 Å². The lowest BCUT2D eigenvalue weighted by molar-refractivity contribution is 0.101. The van der Waals surface area contributed by atoms with Crippen molar-refractivity contribution in [3.05, 3.63) is 48.5 Å². The van der Waals surface area contributed by atoms with Crippen LogP contribution >= 0.6 is 0 Å². The van der Waals surface area contributed by atoms with Crippen LogP contribution in [0.15, 0.2) is 53.4 Å². The summed E-state index contributed by atoms with van der Waals surface area (Å²) < 4.78 is 24.8. The minimum absolute atomic E-state index is 0.278. The van der Waals surface area contributed by atoms with Gasteiger partial charge >= 0.3 is 6.09 Å². The van der Waals surface area contributed by atoms with E-state index in [2.05, 4.69) is 11.4 Å². The fraction of sp³-hybridized carbons (Fsp3) is 0.391. The van der Waals surface area contributed by atoms with E-state index in [1.807, 2.05) is 24.3 Å². The van der Waals surface area contributed by atoms with Gasteiger partial charge in [-0.15, -0.1) is 0 Å². The summed E-state index contributed by atoms with van der Waals surface area (Å²) >= 11 is 0. The minimum Gasteiger partial charge on any atom is -0.465 e. The highest BCUT2D eigenvalue weighted by Gasteiger charge is 2.40. The molecule has 1 heterocycles. The van der Waals surface area contributed by atoms with Crippen molar-refractivity contribution in [1.29, 1.82) is 5.26 Å². The molecule has 0 bridgehead atoms. The van der Waals surface area contributed by atoms with Crippen molar-refractivity contribution in [3.63, 3.8) is 0 Å². The molecule has 2 aromatic rings. The zero-order valence-electron chi connectivity index (χ0n) is 17.9. The van der Waals surface area contributed by atoms with Crippen molar-refractivity contribution in [2.24, 2.45) is 0 Å². The molecule has 0 saturated carbocycles. The lowest BCUT2D eigenvalue weighted by Gasteiger charge is -2.41. The predicted molar refractivity (Wildman–Crippen MR) is 120 cm³/mol. The number of nitrogens with one attached hydrogen (secondary N) is 1. The smallest absolute Gasteiger partial charge is 0.407 e. The number of hydrogen-bond donors (Lipinski definition) is 2. The van der Waals surface area contributed by atoms with Gasteiger partial charge < -0.3 is 15.3 Å². The quantitative estimate of drug-likeness (QED) is 0.713. The molecule has 1 aliphatic rings. The maximum Gasteiger partial charge on any atom is 0.407 e. The summed E-state index contributed by atoms with van der Waals surface area (Å²) in [5, 5.41) is 22.1. The van der Waals surface area contributed by atoms with E-state index in [0.717, 1.165) is 16.8 Å². The largest absolute Gasteiger partial charge is 0.465 e. The Balaban J connectivity index is 1.91. The first-order chi connectivity index (χ1) is 14.6. The van der Waals surface area contributed by atoms with Gasteiger partial charge in [0.2, 0.25) is 0 Å². The molecule has 8 heteroatoms. The Morgan fingerprint density at radius 3 is 2.42 bits per heavy atom. The first-order valence-electron chi connectivity index (χ1n) is 10.2. The van der Waals surface area contributed by atoms with Gasteiger partial charge in [0.25, 0.3) is 0 Å². The number of para-hydroxylation sites is 1. The van der Waals surface area contributed by atoms with Crippen molar-refractivity contribution in [2.45, 2.75) is 55.3 Å². The Kier molecular flexibility index (Phi) is 6.27. The van der Waals surface area contributed by atoms with E-state index in [9.17, 15) is 23.6 Å². The summed E-state index contributed by atoms with van der Waals surface area (Å²) in [5.74, 6) is 0. The second-order valence-corrected chi connectivity index (χ2v) is 10.8. The molecular formula is C23H27N3O4S. The SMILES string of the molecule is CC1CC(C#N)(Nc2ccccc2-c2ccc(S(=O)(=O)C(C)C)cc2)CCN1C(=O)O. The molecule has 0 aromatic heterocycles. The summed E-state index contributed by atoms with van der Waals surface area (Å²) in [7, 11) is -3.35. The van der Waals surface area contributed by atoms with E-state index in [-0.39, 0.29) is 17.5 Å². The molecule has 1 fully saturated rings. The second kappa shape index (κ2) is 8.60. The number of carbonyl (C=O) groups is 1. The summed E-state index contributed by atoms with van der Waals surface area (Å²) in [6, 6.07) is 16.4. The molecule has 2 atom stereocenters. The number of hydrogen-bond acceptors (Lipinski definition) is 5. The Hall–Kier alpha value is -3.05. The van der Waals surface area contributed by atoms with Gasteiger partial charge in [0.15, 0.2) is 9.84 Å². The van der Waals surface area contributed by atoms with Crippen molar-refractivity contribution in [3.8, 4) is 17.2 Å². The van der Waals surface area contributed by atoms with E-state index >= 15 is 0 Å². The van der Waals surface area contributed by atoms with Crippen molar-refractivity contribution >= 4 is 21.6 Å². The van der Waals surface area contributed by atoms with Gasteiger partial charge in [0, 0.05) is 36.7 Å². The fourth-order valence-corrected chi connectivity index (χ4v) is 5.03. The minimum atomic E-state index is -3.35. The molecule has 164 valence electrons. The van der Waals surface area contributed by atoms with Gasteiger partial charge in [0.1, 0.15) is 5.54 Å². The third-order valence-electron chi connectivity index (χ3n) is 5.83. The van der Waals surface area contributed by atoms with Crippen LogP contribution < -0.4 is 5.32 Å². The first kappa shape index (κ1) is 22.6. The number of nitriles is 1. The summed E-state index contributed by atoms with van der Waals surface area (Å²) in [4.78, 5) is 13.0. The van der Waals surface area contributed by atoms with Crippen LogP contribution in [0.4, 0.5) is 10.5 Å². The van der Waals surface area contributed by atoms with E-state index in [1.165, 1.54) is 4.90 Å². The number of likely N-dealkylation sites (tertiary alicyclic amines) is 1. The van der Waals surface area contributed by atoms with Crippen molar-refractivity contribution < 1.29 is 18.3 Å². The van der Waals surface area contributed by atoms with Crippen LogP contribution in [0.25, 0.3) is 11.1 Å². The van der Waals surface area contributed by atoms with E-state index in [4.69, 9.17) is 0 Å². The van der Waals surface area contributed by atoms with Crippen LogP contribution in [0.3, 0.4) is 0 Å². The lowest BCUT2D eigenvalue weighted by atomic mass is 9.84. The van der Waals surface area contributed by atoms with Gasteiger partial charge in [-0.1, -0.05) is 30.3 Å². The second-order valence-electron chi connectivity index (χ2n) is 8.26. The van der Waals surface area contributed by atoms with Crippen LogP contribution in [0.5, 0.6) is 0 Å². The van der Waals surface area contributed by atoms with Crippen molar-refractivity contribution in [1.82, 2.24) is 4.90 Å². The number of nitrogens with zero attached hydrogens (tertiary/aromatic N) is 2. The van der Waals surface area contributed by atoms with Crippen molar-refractivity contribution in [2.75, 3.05) is 11.9 Å². The van der Waals surface area contributed by atoms with Gasteiger partial charge in [-0.3, -0.25) is 0 Å². The maximum atomic E-state index is 12.4. The third kappa shape index (κ3) is 4.52. The number of piperidine rings is 1. The number of amides is 1. The molecule has 2 aromatic carbocycles. The highest BCUT2D eigenvalue weighted by molar-refractivity contribution is 7.92. The molecule has 1 saturated heterocycles. The molecule has 1 amide bonds. The van der Waals surface area contributed by atoms with E-state index in [1.54, 1.807) is 45.0 Å². The Morgan fingerprint density at radius 2 is 1.87 bits per heavy atom. The molecule has 0 spiro atoms. The predicted octanol–water partition coefficient (Wildman–Crippen LogP) is 4.37. The standard InChI is InChI=1S/C23H27N3O4S/c1-16(2)31(29,30)19-10-8-18(9-11-19)20-6-4-5-7-21(20)25-23(15-24)12-13-26(22(27)28)17(3)14-23/h4-11,16-17,25H,12-14H2,1-3H3,(H,27,28). The first-order valence-corrected chi connectivity index (χ1v) is 11.8. The lowest BCUT2D eigenvalue weighted by Crippen LogP contribution is -2.53. The summed E-state index contributed by atoms with van der Waals surface area (Å²) in [6.45, 7) is 5.39. The Morgan fingerprint density at radius 1 is 1.23 bits per heavy atom. The summed E-state index contributed by atoms with van der Waals surface area (Å²) in [6.07, 6.45) is -0.230. The number of anilines is 1. The molecule has 0 aliphatic carbocycles. The average Bonchev–Trinajstić information content (AvgIpc) is 2.74. The zero-order chi connectivity index (χ0) is 22.8. The van der Waals surface area contributed by atoms with Crippen LogP contribution in [0, 0.1) is 11.3 Å². The Labute approximate surface area is 183 Å². The summed E-state index contributed by atoms with van der Waals surface area (Å²) in [5.41, 5.74) is 1.54. The number of rotatable bonds is 5. The fourth-order valence-electron chi connectivity index (χ4n) is 3.97. The molecule has 2 unspecified atom stereocenters. The monoisotopic (exact) mass is 441 g/mol. The molecule has 31 heavy (non-hydrogen) atoms. The molecular weight excluding hydrogens is 414 g/mol. The number of sulfone groups is 1. The van der Waals surface area contributed by atoms with Crippen LogP contribution in [-0.4, -0.2) is 47.9 Å². The average molecular weight is 442 g/mol. The molecule has 0 radical (unpaired) electrons. The zero-order valence-corrected chi connectivity index (χ0v) is 18.7. The number of benzene rings is 2. The van der Waals surface area contributed by atoms with Gasteiger partial charge in [0.05, 0.1) is 16.2 Å². The molecule has 3 rings (SSSR count). The normalized spacial score (nSPS) is 21.5. The van der Waals surface area contributed by atoms with Gasteiger partial charge in [-0.2, -0.15) is 5.26 Å². The molecule has 1 aliphatic heterocycles. The number of carboxylic acid groups (broad SMARTS) is 1. The van der Waals surface area contributed by atoms with Crippen LogP contribution in [-0.2, 0) is 9.84 Å². The van der Waals surface area contributed by atoms with E-state index in [0.29, 0.717) is 12.8 Å². The maximum absolute atomic E-state index is 12.4. The van der Waals surface area contributed by atoms with Crippen LogP contribution in [0.2, 0.25) is 0 Å². The van der Waals surface area contributed by atoms with Crippen LogP contribution in [0.1, 0.15) is 33.6 Å². The Bertz CT molecular complexity index is 1110. The third-order valence-corrected chi connectivity index (χ3v) is 8.00. The highest BCUT2D eigenvalue weighted by Crippen LogP contribution is 2.35. The molecule has 7 nitrogen and oxygen atoms in total. The topological polar surface area (TPSA) is 111 Å². The molecule has 2 N–H and O–H groups in total. The van der Waals surface area contributed by atoms with Gasteiger partial charge in [-0.05, 0) is 44.5 Å². The van der Waals surface area contributed by atoms with E-state index < -0.39 is 26.7 Å². The highest BCUT2D eigenvalue weighted by atomic mass is 32.2.